The van der Waals surface area contributed by atoms with Crippen LogP contribution in [0.1, 0.15) is 45.0 Å². The molecule has 3 N–H and O–H groups in total. The molecule has 3 rings (SSSR count). The summed E-state index contributed by atoms with van der Waals surface area (Å²) in [6.45, 7) is 10.3. The third kappa shape index (κ3) is 13.9. The molecule has 0 radical (unpaired) electrons. The Balaban J connectivity index is 0.00000199. The molecule has 0 aromatic heterocycles. The fourth-order valence-electron chi connectivity index (χ4n) is 2.75. The van der Waals surface area contributed by atoms with Crippen LogP contribution in [0, 0.1) is 5.82 Å². The number of aliphatic imine (C=N–C) groups is 1. The van der Waals surface area contributed by atoms with Gasteiger partial charge >= 0.3 is 0 Å². The summed E-state index contributed by atoms with van der Waals surface area (Å²) in [6, 6.07) is 17.9. The highest BCUT2D eigenvalue weighted by atomic mass is 79.9. The molecular formula is C29H39BrClFN4O2S2. The van der Waals surface area contributed by atoms with E-state index < -0.39 is 11.7 Å². The van der Waals surface area contributed by atoms with Crippen molar-refractivity contribution in [2.24, 2.45) is 4.99 Å². The van der Waals surface area contributed by atoms with Gasteiger partial charge in [0.1, 0.15) is 0 Å². The first-order valence-corrected chi connectivity index (χ1v) is 15.6. The van der Waals surface area contributed by atoms with E-state index in [1.54, 1.807) is 37.0 Å². The molecule has 0 heterocycles. The van der Waals surface area contributed by atoms with Crippen molar-refractivity contribution in [3.8, 4) is 0 Å². The molecule has 3 aromatic carbocycles. The number of halogens is 3. The first kappa shape index (κ1) is 37.8. The molecule has 0 saturated carbocycles. The van der Waals surface area contributed by atoms with Gasteiger partial charge in [0, 0.05) is 22.2 Å². The molecule has 1 amide bonds. The Labute approximate surface area is 261 Å². The summed E-state index contributed by atoms with van der Waals surface area (Å²) in [4.78, 5) is 23.0. The van der Waals surface area contributed by atoms with Gasteiger partial charge in [0.2, 0.25) is 0 Å². The van der Waals surface area contributed by atoms with E-state index in [0.717, 1.165) is 15.1 Å². The quantitative estimate of drug-likeness (QED) is 0.0431. The Kier molecular flexibility index (Phi) is 22.1. The van der Waals surface area contributed by atoms with Crippen LogP contribution in [0.5, 0.6) is 0 Å². The van der Waals surface area contributed by atoms with Crippen molar-refractivity contribution in [2.75, 3.05) is 35.8 Å². The lowest BCUT2D eigenvalue weighted by atomic mass is 10.1. The highest BCUT2D eigenvalue weighted by molar-refractivity contribution is 9.10. The van der Waals surface area contributed by atoms with E-state index in [2.05, 4.69) is 49.7 Å². The lowest BCUT2D eigenvalue weighted by Crippen LogP contribution is -2.26. The highest BCUT2D eigenvalue weighted by Crippen LogP contribution is 2.33. The molecule has 0 bridgehead atoms. The molecular weight excluding hydrogens is 635 g/mol. The van der Waals surface area contributed by atoms with Crippen LogP contribution >= 0.6 is 51.9 Å². The molecule has 0 aliphatic carbocycles. The number of thioether (sulfide) groups is 1. The highest BCUT2D eigenvalue weighted by Gasteiger charge is 2.20. The number of benzene rings is 3. The maximum absolute atomic E-state index is 15.3. The Bertz CT molecular complexity index is 1160. The van der Waals surface area contributed by atoms with Crippen molar-refractivity contribution in [3.05, 3.63) is 81.5 Å². The lowest BCUT2D eigenvalue weighted by Gasteiger charge is -2.16. The Morgan fingerprint density at radius 2 is 1.73 bits per heavy atom. The van der Waals surface area contributed by atoms with Crippen molar-refractivity contribution >= 4 is 81.2 Å². The van der Waals surface area contributed by atoms with Crippen LogP contribution in [-0.4, -0.2) is 37.4 Å². The van der Waals surface area contributed by atoms with Crippen molar-refractivity contribution in [2.45, 2.75) is 39.5 Å². The molecule has 6 nitrogen and oxygen atoms in total. The number of nitrogens with one attached hydrogen (secondary N) is 3. The van der Waals surface area contributed by atoms with Crippen LogP contribution in [-0.2, 0) is 4.84 Å². The number of anilines is 3. The van der Waals surface area contributed by atoms with Gasteiger partial charge in [-0.15, -0.1) is 11.8 Å². The number of carbonyl (C=O) groups excluding carboxylic acids is 1. The van der Waals surface area contributed by atoms with Gasteiger partial charge in [-0.05, 0) is 48.2 Å². The van der Waals surface area contributed by atoms with Crippen LogP contribution in [0.25, 0.3) is 0 Å². The van der Waals surface area contributed by atoms with Gasteiger partial charge in [0.05, 0.1) is 40.6 Å². The Morgan fingerprint density at radius 1 is 1.10 bits per heavy atom. The second kappa shape index (κ2) is 23.5. The molecule has 0 saturated heterocycles. The third-order valence-electron chi connectivity index (χ3n) is 4.29. The van der Waals surface area contributed by atoms with E-state index in [0.29, 0.717) is 16.5 Å². The summed E-state index contributed by atoms with van der Waals surface area (Å²) in [5.74, 6) is 0.323. The maximum Gasteiger partial charge on any atom is 0.277 e. The molecule has 0 spiro atoms. The number of hydrogen-bond donors (Lipinski definition) is 4. The molecule has 0 atom stereocenters. The first-order valence-electron chi connectivity index (χ1n) is 12.8. The number of nitrogens with zero attached hydrogens (tertiary/aromatic N) is 1. The molecule has 220 valence electrons. The molecule has 11 heteroatoms. The van der Waals surface area contributed by atoms with Gasteiger partial charge in [-0.3, -0.25) is 14.6 Å². The van der Waals surface area contributed by atoms with Crippen LogP contribution < -0.4 is 16.1 Å². The van der Waals surface area contributed by atoms with Crippen LogP contribution in [0.15, 0.2) is 75.0 Å². The van der Waals surface area contributed by atoms with Gasteiger partial charge in [0.25, 0.3) is 5.91 Å². The fraction of sp³-hybridized carbons (Fsp3) is 0.310. The zero-order valence-electron chi connectivity index (χ0n) is 23.7. The zero-order valence-corrected chi connectivity index (χ0v) is 27.8. The second-order valence-electron chi connectivity index (χ2n) is 6.89. The first-order chi connectivity index (χ1) is 19.4. The Hall–Kier alpha value is -2.24. The molecule has 0 aliphatic rings. The van der Waals surface area contributed by atoms with Gasteiger partial charge in [-0.1, -0.05) is 80.3 Å². The number of rotatable bonds is 10. The monoisotopic (exact) mass is 672 g/mol. The smallest absolute Gasteiger partial charge is 0.277 e. The summed E-state index contributed by atoms with van der Waals surface area (Å²) < 4.78 is 16.1. The van der Waals surface area contributed by atoms with Gasteiger partial charge in [-0.2, -0.15) is 12.6 Å². The summed E-state index contributed by atoms with van der Waals surface area (Å²) in [7, 11) is 1.56. The lowest BCUT2D eigenvalue weighted by molar-refractivity contribution is 0.0375. The van der Waals surface area contributed by atoms with Crippen LogP contribution in [0.2, 0.25) is 5.02 Å². The second-order valence-corrected chi connectivity index (χ2v) is 10.0. The molecule has 0 unspecified atom stereocenters. The number of amides is 1. The number of hydroxylamine groups is 1. The van der Waals surface area contributed by atoms with Crippen molar-refractivity contribution in [3.63, 3.8) is 0 Å². The number of carbonyl (C=O) groups is 1. The van der Waals surface area contributed by atoms with E-state index in [1.165, 1.54) is 18.5 Å². The normalized spacial score (nSPS) is 9.75. The zero-order chi connectivity index (χ0) is 30.3. The molecule has 0 fully saturated rings. The predicted octanol–water partition coefficient (Wildman–Crippen LogP) is 9.50. The van der Waals surface area contributed by atoms with E-state index in [9.17, 15) is 4.79 Å². The third-order valence-corrected chi connectivity index (χ3v) is 6.07. The molecule has 3 aromatic rings. The summed E-state index contributed by atoms with van der Waals surface area (Å²) >= 11 is 15.0. The average molecular weight is 674 g/mol. The minimum absolute atomic E-state index is 0.0477. The largest absolute Gasteiger partial charge is 0.351 e. The summed E-state index contributed by atoms with van der Waals surface area (Å²) in [5.41, 5.74) is 2.97. The van der Waals surface area contributed by atoms with Crippen molar-refractivity contribution < 1.29 is 14.0 Å². The standard InChI is InChI=1S/C23H21BrClFN4O2S.C2H6S.2C2H6/c1-27-14-28-20-10-8-17(22(21(20)26)29-19-9-7-15(24)13-18(19)25)23(31)30-32-11-12-33-16-5-3-2-4-6-16;1-2-3;2*1-2/h2-10,13-14,29H,11-12H2,1H3,(H,27,28)(H,30,31);3H,2H2,1H3;2*1-2H3. The van der Waals surface area contributed by atoms with Crippen molar-refractivity contribution in [1.29, 1.82) is 0 Å². The van der Waals surface area contributed by atoms with Gasteiger partial charge in [-0.25, -0.2) is 9.87 Å². The van der Waals surface area contributed by atoms with E-state index in [4.69, 9.17) is 16.4 Å². The summed E-state index contributed by atoms with van der Waals surface area (Å²) in [6.07, 6.45) is 1.35. The predicted molar refractivity (Wildman–Crippen MR) is 180 cm³/mol. The Morgan fingerprint density at radius 3 is 2.33 bits per heavy atom. The van der Waals surface area contributed by atoms with E-state index in [1.807, 2.05) is 65.0 Å². The van der Waals surface area contributed by atoms with Crippen molar-refractivity contribution in [1.82, 2.24) is 5.48 Å². The van der Waals surface area contributed by atoms with Crippen LogP contribution in [0.4, 0.5) is 21.5 Å². The van der Waals surface area contributed by atoms with Gasteiger partial charge < -0.3 is 10.6 Å². The molecule has 0 aliphatic heterocycles. The van der Waals surface area contributed by atoms with Gasteiger partial charge in [0.15, 0.2) is 5.82 Å². The minimum Gasteiger partial charge on any atom is -0.351 e. The van der Waals surface area contributed by atoms with E-state index >= 15 is 4.39 Å². The maximum atomic E-state index is 15.3. The van der Waals surface area contributed by atoms with E-state index in [-0.39, 0.29) is 23.5 Å². The summed E-state index contributed by atoms with van der Waals surface area (Å²) in [5, 5.41) is 6.02. The number of thiol groups is 1. The molecule has 40 heavy (non-hydrogen) atoms. The fourth-order valence-corrected chi connectivity index (χ4v) is 4.22. The number of hydrogen-bond acceptors (Lipinski definition) is 6. The van der Waals surface area contributed by atoms with Crippen LogP contribution in [0.3, 0.4) is 0 Å². The topological polar surface area (TPSA) is 74.8 Å². The SMILES string of the molecule is CC.CC.CCS.CN=CNc1ccc(C(=O)NOCCSc2ccccc2)c(Nc2ccc(Br)cc2Cl)c1F. The minimum atomic E-state index is -0.666. The average Bonchev–Trinajstić information content (AvgIpc) is 2.97.